The lowest BCUT2D eigenvalue weighted by atomic mass is 10.2. The van der Waals surface area contributed by atoms with Crippen molar-refractivity contribution in [3.63, 3.8) is 0 Å². The van der Waals surface area contributed by atoms with Crippen LogP contribution in [0.15, 0.2) is 58.3 Å². The van der Waals surface area contributed by atoms with Crippen LogP contribution in [0.4, 0.5) is 0 Å². The molecule has 0 fully saturated rings. The minimum absolute atomic E-state index is 0.0845. The average molecular weight is 325 g/mol. The summed E-state index contributed by atoms with van der Waals surface area (Å²) in [6.07, 6.45) is 0. The Morgan fingerprint density at radius 2 is 1.10 bits per heavy atom. The van der Waals surface area contributed by atoms with Crippen molar-refractivity contribution < 1.29 is 16.8 Å². The van der Waals surface area contributed by atoms with E-state index in [0.29, 0.717) is 0 Å². The number of rotatable bonds is 4. The van der Waals surface area contributed by atoms with E-state index >= 15 is 0 Å². The Morgan fingerprint density at radius 3 is 1.43 bits per heavy atom. The van der Waals surface area contributed by atoms with Crippen LogP contribution in [0, 0.1) is 13.8 Å². The number of aryl methyl sites for hydroxylation is 2. The molecule has 0 atom stereocenters. The van der Waals surface area contributed by atoms with E-state index in [4.69, 9.17) is 0 Å². The van der Waals surface area contributed by atoms with E-state index in [9.17, 15) is 16.8 Å². The van der Waals surface area contributed by atoms with E-state index in [1.165, 1.54) is 24.3 Å². The summed E-state index contributed by atoms with van der Waals surface area (Å²) in [4.78, 5) is -0.169. The topological polar surface area (TPSA) is 80.3 Å². The molecule has 2 aromatic rings. The molecule has 112 valence electrons. The molecule has 0 bridgehead atoms. The van der Waals surface area contributed by atoms with Crippen LogP contribution in [-0.4, -0.2) is 16.8 Å². The maximum atomic E-state index is 12.2. The number of hydrogen-bond acceptors (Lipinski definition) is 4. The van der Waals surface area contributed by atoms with E-state index < -0.39 is 20.0 Å². The normalized spacial score (nSPS) is 12.3. The zero-order valence-corrected chi connectivity index (χ0v) is 13.2. The second kappa shape index (κ2) is 5.59. The van der Waals surface area contributed by atoms with Crippen molar-refractivity contribution in [1.29, 1.82) is 0 Å². The van der Waals surface area contributed by atoms with Crippen molar-refractivity contribution in [3.8, 4) is 0 Å². The van der Waals surface area contributed by atoms with Crippen molar-refractivity contribution in [3.05, 3.63) is 59.7 Å². The van der Waals surface area contributed by atoms with E-state index in [2.05, 4.69) is 0 Å². The molecule has 1 N–H and O–H groups in total. The van der Waals surface area contributed by atoms with Gasteiger partial charge >= 0.3 is 0 Å². The van der Waals surface area contributed by atoms with Gasteiger partial charge in [-0.3, -0.25) is 0 Å². The molecule has 0 amide bonds. The van der Waals surface area contributed by atoms with Gasteiger partial charge in [-0.05, 0) is 49.2 Å². The Kier molecular flexibility index (Phi) is 4.18. The standard InChI is InChI=1S/C14H15NO4S2/c1-11-5-3-7-13(9-11)20(16,17)15-21(18,19)14-8-4-6-12(2)10-14/h3-10,15H,1-2H3. The number of sulfonamides is 2. The van der Waals surface area contributed by atoms with Gasteiger partial charge in [-0.25, -0.2) is 16.8 Å². The molecule has 7 heteroatoms. The summed E-state index contributed by atoms with van der Waals surface area (Å²) in [6.45, 7) is 3.46. The summed E-state index contributed by atoms with van der Waals surface area (Å²) in [6, 6.07) is 12.1. The van der Waals surface area contributed by atoms with Crippen LogP contribution in [-0.2, 0) is 20.0 Å². The fourth-order valence-corrected chi connectivity index (χ4v) is 4.93. The van der Waals surface area contributed by atoms with Gasteiger partial charge in [0.05, 0.1) is 9.79 Å². The van der Waals surface area contributed by atoms with Crippen molar-refractivity contribution in [1.82, 2.24) is 4.13 Å². The summed E-state index contributed by atoms with van der Waals surface area (Å²) < 4.78 is 50.4. The molecule has 0 radical (unpaired) electrons. The van der Waals surface area contributed by atoms with Gasteiger partial charge in [0.25, 0.3) is 20.0 Å². The third-order valence-electron chi connectivity index (χ3n) is 2.82. The Balaban J connectivity index is 2.40. The molecule has 2 aromatic carbocycles. The molecule has 0 aliphatic heterocycles. The van der Waals surface area contributed by atoms with Gasteiger partial charge < -0.3 is 0 Å². The van der Waals surface area contributed by atoms with Crippen LogP contribution in [0.5, 0.6) is 0 Å². The minimum atomic E-state index is -4.14. The van der Waals surface area contributed by atoms with Gasteiger partial charge in [-0.15, -0.1) is 4.13 Å². The highest BCUT2D eigenvalue weighted by molar-refractivity contribution is 8.04. The Labute approximate surface area is 124 Å². The summed E-state index contributed by atoms with van der Waals surface area (Å²) in [5.41, 5.74) is 1.46. The van der Waals surface area contributed by atoms with Gasteiger partial charge in [0.2, 0.25) is 0 Å². The zero-order valence-electron chi connectivity index (χ0n) is 11.6. The first-order valence-electron chi connectivity index (χ1n) is 6.13. The van der Waals surface area contributed by atoms with Gasteiger partial charge in [-0.2, -0.15) is 0 Å². The highest BCUT2D eigenvalue weighted by atomic mass is 32.3. The van der Waals surface area contributed by atoms with E-state index in [-0.39, 0.29) is 9.79 Å². The zero-order chi connectivity index (χ0) is 15.7. The summed E-state index contributed by atoms with van der Waals surface area (Å²) >= 11 is 0. The largest absolute Gasteiger partial charge is 0.253 e. The fourth-order valence-electron chi connectivity index (χ4n) is 1.81. The van der Waals surface area contributed by atoms with Crippen LogP contribution in [0.3, 0.4) is 0 Å². The smallest absolute Gasteiger partial charge is 0.206 e. The summed E-state index contributed by atoms with van der Waals surface area (Å²) in [5.74, 6) is 0. The molecule has 0 spiro atoms. The molecule has 0 unspecified atom stereocenters. The average Bonchev–Trinajstić information content (AvgIpc) is 2.37. The molecule has 0 aliphatic carbocycles. The van der Waals surface area contributed by atoms with Crippen LogP contribution < -0.4 is 4.13 Å². The predicted octanol–water partition coefficient (Wildman–Crippen LogP) is 1.97. The van der Waals surface area contributed by atoms with Gasteiger partial charge in [0.15, 0.2) is 0 Å². The lowest BCUT2D eigenvalue weighted by molar-refractivity contribution is 0.577. The van der Waals surface area contributed by atoms with E-state index in [0.717, 1.165) is 11.1 Å². The third-order valence-corrected chi connectivity index (χ3v) is 6.32. The Hall–Kier alpha value is -1.70. The number of benzene rings is 2. The predicted molar refractivity (Wildman–Crippen MR) is 79.9 cm³/mol. The first-order chi connectivity index (χ1) is 9.71. The first kappa shape index (κ1) is 15.7. The van der Waals surface area contributed by atoms with Crippen molar-refractivity contribution in [2.75, 3.05) is 0 Å². The summed E-state index contributed by atoms with van der Waals surface area (Å²) in [7, 11) is -8.28. The second-order valence-corrected chi connectivity index (χ2v) is 8.35. The first-order valence-corrected chi connectivity index (χ1v) is 9.09. The molecule has 0 saturated heterocycles. The molecular formula is C14H15NO4S2. The summed E-state index contributed by atoms with van der Waals surface area (Å²) in [5, 5.41) is 0. The molecule has 0 saturated carbocycles. The lowest BCUT2D eigenvalue weighted by Crippen LogP contribution is -2.30. The molecule has 0 heterocycles. The molecular weight excluding hydrogens is 310 g/mol. The van der Waals surface area contributed by atoms with Gasteiger partial charge in [-0.1, -0.05) is 24.3 Å². The molecule has 0 aromatic heterocycles. The van der Waals surface area contributed by atoms with Crippen molar-refractivity contribution in [2.24, 2.45) is 0 Å². The van der Waals surface area contributed by atoms with Gasteiger partial charge in [0, 0.05) is 0 Å². The van der Waals surface area contributed by atoms with Gasteiger partial charge in [0.1, 0.15) is 0 Å². The van der Waals surface area contributed by atoms with Crippen LogP contribution in [0.1, 0.15) is 11.1 Å². The van der Waals surface area contributed by atoms with Crippen molar-refractivity contribution >= 4 is 20.0 Å². The van der Waals surface area contributed by atoms with Crippen molar-refractivity contribution in [2.45, 2.75) is 23.6 Å². The maximum absolute atomic E-state index is 12.2. The quantitative estimate of drug-likeness (QED) is 0.932. The lowest BCUT2D eigenvalue weighted by Gasteiger charge is -2.09. The highest BCUT2D eigenvalue weighted by Gasteiger charge is 2.24. The Morgan fingerprint density at radius 1 is 0.714 bits per heavy atom. The maximum Gasteiger partial charge on any atom is 0.253 e. The fraction of sp³-hybridized carbons (Fsp3) is 0.143. The minimum Gasteiger partial charge on any atom is -0.206 e. The SMILES string of the molecule is Cc1cccc(S(=O)(=O)NS(=O)(=O)c2cccc(C)c2)c1. The van der Waals surface area contributed by atoms with E-state index in [1.54, 1.807) is 42.2 Å². The van der Waals surface area contributed by atoms with Crippen LogP contribution in [0.25, 0.3) is 0 Å². The van der Waals surface area contributed by atoms with E-state index in [1.807, 2.05) is 0 Å². The van der Waals surface area contributed by atoms with Crippen LogP contribution in [0.2, 0.25) is 0 Å². The molecule has 2 rings (SSSR count). The third kappa shape index (κ3) is 3.69. The Bertz CT molecular complexity index is 798. The number of hydrogen-bond donors (Lipinski definition) is 1. The number of nitrogens with one attached hydrogen (secondary N) is 1. The molecule has 0 aliphatic rings. The monoisotopic (exact) mass is 325 g/mol. The molecule has 21 heavy (non-hydrogen) atoms. The van der Waals surface area contributed by atoms with Crippen LogP contribution >= 0.6 is 0 Å². The molecule has 5 nitrogen and oxygen atoms in total. The highest BCUT2D eigenvalue weighted by Crippen LogP contribution is 2.16. The second-order valence-electron chi connectivity index (χ2n) is 4.72.